The molecule has 12 heavy (non-hydrogen) atoms. The third-order valence-electron chi connectivity index (χ3n) is 0.475. The molecule has 0 aromatic rings. The minimum absolute atomic E-state index is 0.363. The van der Waals surface area contributed by atoms with Gasteiger partial charge in [-0.2, -0.15) is 4.39 Å². The fourth-order valence-electron chi connectivity index (χ4n) is 0.0467. The Morgan fingerprint density at radius 3 is 1.75 bits per heavy atom. The molecule has 0 saturated carbocycles. The van der Waals surface area contributed by atoms with Crippen molar-refractivity contribution in [3.8, 4) is 0 Å². The Hall–Kier alpha value is -1.36. The van der Waals surface area contributed by atoms with Crippen LogP contribution in [0.25, 0.3) is 0 Å². The molecule has 0 aromatic carbocycles. The van der Waals surface area contributed by atoms with Crippen molar-refractivity contribution in [2.75, 3.05) is 0 Å². The largest absolute Gasteiger partial charge is 0.478 e. The predicted molar refractivity (Wildman–Crippen MR) is 40.5 cm³/mol. The van der Waals surface area contributed by atoms with Crippen LogP contribution in [0.2, 0.25) is 0 Å². The Bertz CT molecular complexity index is 212. The molecule has 0 aliphatic carbocycles. The first-order chi connectivity index (χ1) is 5.45. The second kappa shape index (κ2) is 7.74. The molecule has 0 aromatic heterocycles. The monoisotopic (exact) mass is 196 g/mol. The van der Waals surface area contributed by atoms with Crippen LogP contribution in [-0.2, 0) is 9.59 Å². The molecule has 0 unspecified atom stereocenters. The molecule has 4 nitrogen and oxygen atoms in total. The molecule has 0 heterocycles. The quantitative estimate of drug-likeness (QED) is 0.655. The van der Waals surface area contributed by atoms with Crippen LogP contribution in [0.3, 0.4) is 0 Å². The van der Waals surface area contributed by atoms with Gasteiger partial charge in [0.05, 0.1) is 0 Å². The summed E-state index contributed by atoms with van der Waals surface area (Å²) in [6, 6.07) is 0. The van der Waals surface area contributed by atoms with E-state index in [1.54, 1.807) is 0 Å². The second-order valence-electron chi connectivity index (χ2n) is 1.30. The molecule has 6 heteroatoms. The van der Waals surface area contributed by atoms with Gasteiger partial charge < -0.3 is 10.2 Å². The van der Waals surface area contributed by atoms with Crippen molar-refractivity contribution in [1.29, 1.82) is 0 Å². The minimum atomic E-state index is -1.64. The van der Waals surface area contributed by atoms with Gasteiger partial charge in [0, 0.05) is 11.6 Å². The first-order valence-corrected chi connectivity index (χ1v) is 2.93. The summed E-state index contributed by atoms with van der Waals surface area (Å²) in [7, 11) is 0. The lowest BCUT2D eigenvalue weighted by atomic mass is 10.6. The summed E-state index contributed by atoms with van der Waals surface area (Å²) in [5.41, 5.74) is 0.363. The summed E-state index contributed by atoms with van der Waals surface area (Å²) in [6.45, 7) is 2.96. The first-order valence-electron chi connectivity index (χ1n) is 2.50. The van der Waals surface area contributed by atoms with E-state index in [0.29, 0.717) is 5.54 Å². The molecule has 0 atom stereocenters. The SMILES string of the molecule is C=CC(=O)O.O=C(O)C(F)=CCl. The van der Waals surface area contributed by atoms with E-state index in [0.717, 1.165) is 6.08 Å². The third-order valence-corrected chi connectivity index (χ3v) is 0.666. The van der Waals surface area contributed by atoms with E-state index in [-0.39, 0.29) is 0 Å². The predicted octanol–water partition coefficient (Wildman–Crippen LogP) is 1.38. The maximum atomic E-state index is 11.4. The zero-order valence-electron chi connectivity index (χ0n) is 5.83. The van der Waals surface area contributed by atoms with Crippen LogP contribution in [0.15, 0.2) is 24.0 Å². The summed E-state index contributed by atoms with van der Waals surface area (Å²) in [5.74, 6) is -3.97. The highest BCUT2D eigenvalue weighted by molar-refractivity contribution is 6.27. The normalized spacial score (nSPS) is 9.33. The standard InChI is InChI=1S/C3H2ClFO2.C3H4O2/c4-1-2(5)3(6)7;1-2-3(4)5/h1H,(H,6,7);2H,1H2,(H,4,5). The van der Waals surface area contributed by atoms with Crippen LogP contribution >= 0.6 is 11.6 Å². The lowest BCUT2D eigenvalue weighted by molar-refractivity contribution is -0.134. The number of carbonyl (C=O) groups is 2. The van der Waals surface area contributed by atoms with E-state index < -0.39 is 17.8 Å². The van der Waals surface area contributed by atoms with Crippen molar-refractivity contribution in [1.82, 2.24) is 0 Å². The zero-order chi connectivity index (χ0) is 10.1. The number of carboxylic acids is 2. The highest BCUT2D eigenvalue weighted by atomic mass is 35.5. The van der Waals surface area contributed by atoms with Crippen molar-refractivity contribution in [2.24, 2.45) is 0 Å². The summed E-state index contributed by atoms with van der Waals surface area (Å²) < 4.78 is 11.4. The third kappa shape index (κ3) is 11.4. The van der Waals surface area contributed by atoms with Crippen molar-refractivity contribution in [2.45, 2.75) is 0 Å². The Morgan fingerprint density at radius 2 is 1.75 bits per heavy atom. The first kappa shape index (κ1) is 13.2. The van der Waals surface area contributed by atoms with Crippen molar-refractivity contribution < 1.29 is 24.2 Å². The average molecular weight is 197 g/mol. The molecule has 2 N–H and O–H groups in total. The van der Waals surface area contributed by atoms with Crippen LogP contribution in [-0.4, -0.2) is 22.2 Å². The zero-order valence-corrected chi connectivity index (χ0v) is 6.58. The van der Waals surface area contributed by atoms with E-state index in [1.165, 1.54) is 0 Å². The molecule has 0 saturated heterocycles. The van der Waals surface area contributed by atoms with E-state index >= 15 is 0 Å². The molecule has 68 valence electrons. The van der Waals surface area contributed by atoms with Crippen molar-refractivity contribution in [3.05, 3.63) is 24.0 Å². The fourth-order valence-corrected chi connectivity index (χ4v) is 0.140. The number of carboxylic acid groups (broad SMARTS) is 2. The van der Waals surface area contributed by atoms with Gasteiger partial charge >= 0.3 is 11.9 Å². The van der Waals surface area contributed by atoms with Crippen molar-refractivity contribution >= 4 is 23.5 Å². The van der Waals surface area contributed by atoms with Gasteiger partial charge in [-0.25, -0.2) is 9.59 Å². The summed E-state index contributed by atoms with van der Waals surface area (Å²) in [4.78, 5) is 18.7. The molecule has 0 spiro atoms. The van der Waals surface area contributed by atoms with E-state index in [1.807, 2.05) is 0 Å². The smallest absolute Gasteiger partial charge is 0.365 e. The van der Waals surface area contributed by atoms with Crippen LogP contribution in [0, 0.1) is 0 Å². The Kier molecular flexibility index (Phi) is 8.55. The number of hydrogen-bond donors (Lipinski definition) is 2. The number of hydrogen-bond acceptors (Lipinski definition) is 2. The van der Waals surface area contributed by atoms with Gasteiger partial charge in [-0.05, 0) is 0 Å². The molecule has 0 aliphatic heterocycles. The molecule has 0 aliphatic rings. The maximum absolute atomic E-state index is 11.4. The van der Waals surface area contributed by atoms with Crippen LogP contribution in [0.4, 0.5) is 4.39 Å². The number of rotatable bonds is 2. The van der Waals surface area contributed by atoms with Gasteiger partial charge in [0.1, 0.15) is 0 Å². The summed E-state index contributed by atoms with van der Waals surface area (Å²) in [6.07, 6.45) is 0.833. The Balaban J connectivity index is 0. The van der Waals surface area contributed by atoms with Gasteiger partial charge in [0.25, 0.3) is 0 Å². The highest BCUT2D eigenvalue weighted by Gasteiger charge is 2.00. The lowest BCUT2D eigenvalue weighted by Crippen LogP contribution is -1.92. The summed E-state index contributed by atoms with van der Waals surface area (Å²) in [5, 5.41) is 15.3. The Labute approximate surface area is 72.6 Å². The van der Waals surface area contributed by atoms with E-state index in [2.05, 4.69) is 18.2 Å². The van der Waals surface area contributed by atoms with Gasteiger partial charge in [-0.3, -0.25) is 0 Å². The minimum Gasteiger partial charge on any atom is -0.478 e. The number of aliphatic carboxylic acids is 2. The molecule has 0 fully saturated rings. The molecule has 0 rings (SSSR count). The van der Waals surface area contributed by atoms with Crippen LogP contribution in [0.1, 0.15) is 0 Å². The fraction of sp³-hybridized carbons (Fsp3) is 0. The maximum Gasteiger partial charge on any atom is 0.365 e. The molecular weight excluding hydrogens is 191 g/mol. The van der Waals surface area contributed by atoms with Crippen molar-refractivity contribution in [3.63, 3.8) is 0 Å². The second-order valence-corrected chi connectivity index (χ2v) is 1.52. The number of halogens is 2. The van der Waals surface area contributed by atoms with Gasteiger partial charge in [-0.1, -0.05) is 18.2 Å². The molecular formula is C6H6ClFO4. The molecule has 0 bridgehead atoms. The van der Waals surface area contributed by atoms with Gasteiger partial charge in [0.2, 0.25) is 5.83 Å². The Morgan fingerprint density at radius 1 is 1.42 bits per heavy atom. The van der Waals surface area contributed by atoms with Crippen LogP contribution < -0.4 is 0 Å². The molecule has 0 amide bonds. The summed E-state index contributed by atoms with van der Waals surface area (Å²) >= 11 is 4.63. The topological polar surface area (TPSA) is 74.6 Å². The van der Waals surface area contributed by atoms with Gasteiger partial charge in [0.15, 0.2) is 0 Å². The van der Waals surface area contributed by atoms with Crippen LogP contribution in [0.5, 0.6) is 0 Å². The average Bonchev–Trinajstić information content (AvgIpc) is 2.04. The van der Waals surface area contributed by atoms with E-state index in [9.17, 15) is 14.0 Å². The highest BCUT2D eigenvalue weighted by Crippen LogP contribution is 1.96. The van der Waals surface area contributed by atoms with E-state index in [4.69, 9.17) is 10.2 Å². The molecule has 0 radical (unpaired) electrons. The lowest BCUT2D eigenvalue weighted by Gasteiger charge is -1.78. The van der Waals surface area contributed by atoms with Gasteiger partial charge in [-0.15, -0.1) is 0 Å².